The van der Waals surface area contributed by atoms with Crippen LogP contribution >= 0.6 is 0 Å². The standard InChI is InChI=1S/C19H22N4O3/c1-13-3-7-16(8-4-13)20-12-19(26)23-22-18(25)11-15-5-9-17(10-6-15)21-14(2)24/h3-10,20H,11-12H2,1-2H3,(H,21,24)(H,22,25)(H,23,26). The number of rotatable bonds is 6. The van der Waals surface area contributed by atoms with Crippen LogP contribution in [0.3, 0.4) is 0 Å². The fraction of sp³-hybridized carbons (Fsp3) is 0.211. The van der Waals surface area contributed by atoms with E-state index in [1.807, 2.05) is 31.2 Å². The van der Waals surface area contributed by atoms with E-state index in [0.717, 1.165) is 16.8 Å². The van der Waals surface area contributed by atoms with Gasteiger partial charge >= 0.3 is 0 Å². The molecule has 2 rings (SSSR count). The van der Waals surface area contributed by atoms with Crippen LogP contribution in [-0.2, 0) is 20.8 Å². The van der Waals surface area contributed by atoms with Crippen LogP contribution in [0.5, 0.6) is 0 Å². The molecule has 0 aliphatic carbocycles. The summed E-state index contributed by atoms with van der Waals surface area (Å²) in [6, 6.07) is 14.6. The molecule has 0 bridgehead atoms. The zero-order valence-electron chi connectivity index (χ0n) is 14.8. The Kier molecular flexibility index (Phi) is 6.73. The average molecular weight is 354 g/mol. The molecule has 0 atom stereocenters. The molecule has 0 aliphatic rings. The number of carbonyl (C=O) groups excluding carboxylic acids is 3. The Balaban J connectivity index is 1.71. The first kappa shape index (κ1) is 19.0. The van der Waals surface area contributed by atoms with Crippen LogP contribution in [0.4, 0.5) is 11.4 Å². The van der Waals surface area contributed by atoms with Gasteiger partial charge in [-0.05, 0) is 36.8 Å². The van der Waals surface area contributed by atoms with Crippen LogP contribution in [-0.4, -0.2) is 24.3 Å². The number of hydrogen-bond acceptors (Lipinski definition) is 4. The summed E-state index contributed by atoms with van der Waals surface area (Å²) >= 11 is 0. The van der Waals surface area contributed by atoms with Gasteiger partial charge in [0, 0.05) is 18.3 Å². The van der Waals surface area contributed by atoms with E-state index in [4.69, 9.17) is 0 Å². The van der Waals surface area contributed by atoms with E-state index in [9.17, 15) is 14.4 Å². The van der Waals surface area contributed by atoms with E-state index in [0.29, 0.717) is 5.69 Å². The normalized spacial score (nSPS) is 9.92. The zero-order valence-corrected chi connectivity index (χ0v) is 14.8. The SMILES string of the molecule is CC(=O)Nc1ccc(CC(=O)NNC(=O)CNc2ccc(C)cc2)cc1. The van der Waals surface area contributed by atoms with Crippen molar-refractivity contribution in [1.29, 1.82) is 0 Å². The number of hydrogen-bond donors (Lipinski definition) is 4. The van der Waals surface area contributed by atoms with Crippen LogP contribution in [0.25, 0.3) is 0 Å². The molecule has 0 spiro atoms. The first-order valence-electron chi connectivity index (χ1n) is 8.17. The Labute approximate surface area is 152 Å². The monoisotopic (exact) mass is 354 g/mol. The third-order valence-corrected chi connectivity index (χ3v) is 3.48. The lowest BCUT2D eigenvalue weighted by molar-refractivity contribution is -0.127. The van der Waals surface area contributed by atoms with Crippen LogP contribution in [0.1, 0.15) is 18.1 Å². The molecule has 136 valence electrons. The molecule has 0 aliphatic heterocycles. The maximum absolute atomic E-state index is 11.9. The van der Waals surface area contributed by atoms with Gasteiger partial charge in [-0.2, -0.15) is 0 Å². The van der Waals surface area contributed by atoms with Gasteiger partial charge in [-0.15, -0.1) is 0 Å². The minimum Gasteiger partial charge on any atom is -0.376 e. The average Bonchev–Trinajstić information content (AvgIpc) is 2.61. The second kappa shape index (κ2) is 9.22. The van der Waals surface area contributed by atoms with Crippen molar-refractivity contribution >= 4 is 29.1 Å². The number of benzene rings is 2. The predicted molar refractivity (Wildman–Crippen MR) is 100 cm³/mol. The second-order valence-electron chi connectivity index (χ2n) is 5.87. The summed E-state index contributed by atoms with van der Waals surface area (Å²) in [4.78, 5) is 34.6. The minimum atomic E-state index is -0.347. The Morgan fingerprint density at radius 1 is 0.808 bits per heavy atom. The summed E-state index contributed by atoms with van der Waals surface area (Å²) < 4.78 is 0. The number of hydrazine groups is 1. The van der Waals surface area contributed by atoms with E-state index >= 15 is 0 Å². The molecule has 7 heteroatoms. The van der Waals surface area contributed by atoms with Crippen LogP contribution in [0.2, 0.25) is 0 Å². The van der Waals surface area contributed by atoms with Crippen molar-refractivity contribution in [2.45, 2.75) is 20.3 Å². The fourth-order valence-corrected chi connectivity index (χ4v) is 2.18. The molecule has 26 heavy (non-hydrogen) atoms. The third kappa shape index (κ3) is 6.64. The van der Waals surface area contributed by atoms with Crippen molar-refractivity contribution in [3.63, 3.8) is 0 Å². The van der Waals surface area contributed by atoms with Crippen LogP contribution < -0.4 is 21.5 Å². The number of carbonyl (C=O) groups is 3. The summed E-state index contributed by atoms with van der Waals surface area (Å²) in [7, 11) is 0. The quantitative estimate of drug-likeness (QED) is 0.594. The summed E-state index contributed by atoms with van der Waals surface area (Å²) in [6.45, 7) is 3.46. The van der Waals surface area contributed by atoms with Gasteiger partial charge in [0.25, 0.3) is 5.91 Å². The van der Waals surface area contributed by atoms with E-state index in [-0.39, 0.29) is 30.7 Å². The number of amides is 3. The summed E-state index contributed by atoms with van der Waals surface area (Å²) in [5, 5.41) is 5.62. The molecule has 4 N–H and O–H groups in total. The highest BCUT2D eigenvalue weighted by atomic mass is 16.2. The highest BCUT2D eigenvalue weighted by Gasteiger charge is 2.06. The third-order valence-electron chi connectivity index (χ3n) is 3.48. The number of aryl methyl sites for hydroxylation is 1. The maximum atomic E-state index is 11.9. The zero-order chi connectivity index (χ0) is 18.9. The van der Waals surface area contributed by atoms with Crippen molar-refractivity contribution in [2.24, 2.45) is 0 Å². The van der Waals surface area contributed by atoms with Gasteiger partial charge < -0.3 is 10.6 Å². The fourth-order valence-electron chi connectivity index (χ4n) is 2.18. The lowest BCUT2D eigenvalue weighted by atomic mass is 10.1. The molecule has 0 radical (unpaired) electrons. The van der Waals surface area contributed by atoms with Crippen molar-refractivity contribution in [3.8, 4) is 0 Å². The van der Waals surface area contributed by atoms with Gasteiger partial charge in [0.2, 0.25) is 11.8 Å². The lowest BCUT2D eigenvalue weighted by Crippen LogP contribution is -2.44. The Bertz CT molecular complexity index is 770. The topological polar surface area (TPSA) is 99.3 Å². The van der Waals surface area contributed by atoms with Crippen molar-refractivity contribution < 1.29 is 14.4 Å². The van der Waals surface area contributed by atoms with Gasteiger partial charge in [-0.1, -0.05) is 29.8 Å². The van der Waals surface area contributed by atoms with E-state index < -0.39 is 0 Å². The van der Waals surface area contributed by atoms with E-state index in [1.165, 1.54) is 6.92 Å². The molecule has 0 unspecified atom stereocenters. The van der Waals surface area contributed by atoms with Gasteiger partial charge in [-0.3, -0.25) is 25.2 Å². The molecule has 0 fully saturated rings. The van der Waals surface area contributed by atoms with Crippen LogP contribution in [0, 0.1) is 6.92 Å². The van der Waals surface area contributed by atoms with E-state index in [2.05, 4.69) is 21.5 Å². The van der Waals surface area contributed by atoms with Crippen molar-refractivity contribution in [3.05, 3.63) is 59.7 Å². The van der Waals surface area contributed by atoms with Crippen molar-refractivity contribution in [2.75, 3.05) is 17.2 Å². The Morgan fingerprint density at radius 2 is 1.38 bits per heavy atom. The number of nitrogens with one attached hydrogen (secondary N) is 4. The van der Waals surface area contributed by atoms with Gasteiger partial charge in [-0.25, -0.2) is 0 Å². The molecule has 0 saturated heterocycles. The molecular formula is C19H22N4O3. The highest BCUT2D eigenvalue weighted by molar-refractivity contribution is 5.89. The molecule has 2 aromatic rings. The van der Waals surface area contributed by atoms with Crippen LogP contribution in [0.15, 0.2) is 48.5 Å². The van der Waals surface area contributed by atoms with Crippen molar-refractivity contribution in [1.82, 2.24) is 10.9 Å². The molecule has 0 heterocycles. The highest BCUT2D eigenvalue weighted by Crippen LogP contribution is 2.10. The van der Waals surface area contributed by atoms with Gasteiger partial charge in [0.1, 0.15) is 0 Å². The van der Waals surface area contributed by atoms with E-state index in [1.54, 1.807) is 24.3 Å². The first-order chi connectivity index (χ1) is 12.4. The summed E-state index contributed by atoms with van der Waals surface area (Å²) in [6.07, 6.45) is 0.117. The lowest BCUT2D eigenvalue weighted by Gasteiger charge is -2.09. The molecule has 2 aromatic carbocycles. The number of anilines is 2. The van der Waals surface area contributed by atoms with Gasteiger partial charge in [0.15, 0.2) is 0 Å². The largest absolute Gasteiger partial charge is 0.376 e. The van der Waals surface area contributed by atoms with Gasteiger partial charge in [0.05, 0.1) is 13.0 Å². The summed E-state index contributed by atoms with van der Waals surface area (Å²) in [5.74, 6) is -0.835. The minimum absolute atomic E-state index is 0.0504. The second-order valence-corrected chi connectivity index (χ2v) is 5.87. The maximum Gasteiger partial charge on any atom is 0.257 e. The smallest absolute Gasteiger partial charge is 0.257 e. The molecule has 0 aromatic heterocycles. The molecular weight excluding hydrogens is 332 g/mol. The molecule has 3 amide bonds. The Morgan fingerprint density at radius 3 is 2.00 bits per heavy atom. The molecule has 7 nitrogen and oxygen atoms in total. The Hall–Kier alpha value is -3.35. The molecule has 0 saturated carbocycles. The summed E-state index contributed by atoms with van der Waals surface area (Å²) in [5.41, 5.74) is 8.14. The predicted octanol–water partition coefficient (Wildman–Crippen LogP) is 1.76. The first-order valence-corrected chi connectivity index (χ1v) is 8.17.